The van der Waals surface area contributed by atoms with Gasteiger partial charge in [0.25, 0.3) is 0 Å². The van der Waals surface area contributed by atoms with Crippen molar-refractivity contribution in [2.24, 2.45) is 11.3 Å². The van der Waals surface area contributed by atoms with Crippen LogP contribution in [0.1, 0.15) is 31.2 Å². The quantitative estimate of drug-likeness (QED) is 0.747. The standard InChI is InChI=1S/C24H30N2O3S/c27-30(28)23-9-5-4-8-22(23)29-19-24(18-26(30)17-21-10-11-21)12-14-25(15-13-24)16-20-6-2-1-3-7-20/h1-9,21H,10-19H2. The number of hydrogen-bond acceptors (Lipinski definition) is 4. The molecule has 1 saturated heterocycles. The second-order valence-corrected chi connectivity index (χ2v) is 11.1. The van der Waals surface area contributed by atoms with Crippen molar-refractivity contribution in [3.05, 3.63) is 60.2 Å². The van der Waals surface area contributed by atoms with Gasteiger partial charge in [-0.1, -0.05) is 42.5 Å². The highest BCUT2D eigenvalue weighted by Crippen LogP contribution is 2.41. The van der Waals surface area contributed by atoms with Gasteiger partial charge in [-0.3, -0.25) is 4.90 Å². The summed E-state index contributed by atoms with van der Waals surface area (Å²) in [6.45, 7) is 4.69. The van der Waals surface area contributed by atoms with Gasteiger partial charge < -0.3 is 4.74 Å². The van der Waals surface area contributed by atoms with Crippen molar-refractivity contribution in [3.8, 4) is 5.75 Å². The summed E-state index contributed by atoms with van der Waals surface area (Å²) in [7, 11) is -3.54. The Morgan fingerprint density at radius 1 is 0.967 bits per heavy atom. The van der Waals surface area contributed by atoms with Crippen LogP contribution >= 0.6 is 0 Å². The number of para-hydroxylation sites is 1. The van der Waals surface area contributed by atoms with Crippen LogP contribution in [0.3, 0.4) is 0 Å². The Morgan fingerprint density at radius 3 is 2.40 bits per heavy atom. The highest BCUT2D eigenvalue weighted by Gasteiger charge is 2.44. The first-order chi connectivity index (χ1) is 14.5. The molecular weight excluding hydrogens is 396 g/mol. The third-order valence-electron chi connectivity index (χ3n) is 6.84. The van der Waals surface area contributed by atoms with E-state index in [9.17, 15) is 8.42 Å². The van der Waals surface area contributed by atoms with Gasteiger partial charge in [0.05, 0.1) is 6.61 Å². The molecule has 5 rings (SSSR count). The summed E-state index contributed by atoms with van der Waals surface area (Å²) in [4.78, 5) is 2.80. The molecule has 1 aliphatic carbocycles. The largest absolute Gasteiger partial charge is 0.492 e. The topological polar surface area (TPSA) is 49.9 Å². The van der Waals surface area contributed by atoms with Crippen molar-refractivity contribution in [3.63, 3.8) is 0 Å². The van der Waals surface area contributed by atoms with Crippen LogP contribution in [-0.4, -0.2) is 50.4 Å². The molecule has 0 bridgehead atoms. The van der Waals surface area contributed by atoms with Crippen LogP contribution in [0.4, 0.5) is 0 Å². The zero-order chi connectivity index (χ0) is 20.6. The van der Waals surface area contributed by atoms with E-state index >= 15 is 0 Å². The maximum atomic E-state index is 13.5. The van der Waals surface area contributed by atoms with Crippen LogP contribution in [0.5, 0.6) is 5.75 Å². The monoisotopic (exact) mass is 426 g/mol. The summed E-state index contributed by atoms with van der Waals surface area (Å²) >= 11 is 0. The zero-order valence-electron chi connectivity index (χ0n) is 17.4. The van der Waals surface area contributed by atoms with Crippen LogP contribution in [0, 0.1) is 11.3 Å². The van der Waals surface area contributed by atoms with Crippen molar-refractivity contribution in [2.45, 2.75) is 37.1 Å². The fourth-order valence-electron chi connectivity index (χ4n) is 4.74. The van der Waals surface area contributed by atoms with Gasteiger partial charge in [0.15, 0.2) is 0 Å². The van der Waals surface area contributed by atoms with E-state index in [-0.39, 0.29) is 5.41 Å². The molecule has 2 heterocycles. The molecule has 160 valence electrons. The molecule has 0 aromatic heterocycles. The van der Waals surface area contributed by atoms with E-state index in [2.05, 4.69) is 29.2 Å². The van der Waals surface area contributed by atoms with E-state index in [4.69, 9.17) is 4.74 Å². The van der Waals surface area contributed by atoms with E-state index in [1.54, 1.807) is 22.5 Å². The molecule has 0 N–H and O–H groups in total. The molecule has 2 aromatic rings. The smallest absolute Gasteiger partial charge is 0.246 e. The number of likely N-dealkylation sites (tertiary alicyclic amines) is 1. The molecule has 0 radical (unpaired) electrons. The van der Waals surface area contributed by atoms with Gasteiger partial charge in [-0.2, -0.15) is 4.31 Å². The van der Waals surface area contributed by atoms with Gasteiger partial charge in [0.2, 0.25) is 10.0 Å². The van der Waals surface area contributed by atoms with E-state index in [0.717, 1.165) is 45.3 Å². The Kier molecular flexibility index (Phi) is 5.33. The maximum absolute atomic E-state index is 13.5. The molecule has 6 heteroatoms. The molecule has 1 spiro atoms. The average molecular weight is 427 g/mol. The van der Waals surface area contributed by atoms with E-state index < -0.39 is 10.0 Å². The number of nitrogens with zero attached hydrogens (tertiary/aromatic N) is 2. The molecular formula is C24H30N2O3S. The maximum Gasteiger partial charge on any atom is 0.246 e. The molecule has 5 nitrogen and oxygen atoms in total. The number of benzene rings is 2. The Balaban J connectivity index is 1.37. The zero-order valence-corrected chi connectivity index (χ0v) is 18.2. The third-order valence-corrected chi connectivity index (χ3v) is 8.69. The number of sulfonamides is 1. The minimum absolute atomic E-state index is 0.122. The van der Waals surface area contributed by atoms with E-state index in [1.807, 2.05) is 12.1 Å². The highest BCUT2D eigenvalue weighted by molar-refractivity contribution is 7.89. The molecule has 1 saturated carbocycles. The number of piperidine rings is 1. The van der Waals surface area contributed by atoms with Crippen LogP contribution in [0.2, 0.25) is 0 Å². The molecule has 2 fully saturated rings. The number of fused-ring (bicyclic) bond motifs is 1. The molecule has 0 amide bonds. The lowest BCUT2D eigenvalue weighted by atomic mass is 9.78. The average Bonchev–Trinajstić information content (AvgIpc) is 3.58. The Labute approximate surface area is 179 Å². The fraction of sp³-hybridized carbons (Fsp3) is 0.500. The summed E-state index contributed by atoms with van der Waals surface area (Å²) in [5, 5.41) is 0. The highest BCUT2D eigenvalue weighted by atomic mass is 32.2. The van der Waals surface area contributed by atoms with Gasteiger partial charge >= 0.3 is 0 Å². The summed E-state index contributed by atoms with van der Waals surface area (Å²) in [6.07, 6.45) is 4.20. The third kappa shape index (κ3) is 4.13. The lowest BCUT2D eigenvalue weighted by Gasteiger charge is -2.45. The van der Waals surface area contributed by atoms with Crippen molar-refractivity contribution >= 4 is 10.0 Å². The minimum atomic E-state index is -3.54. The van der Waals surface area contributed by atoms with Crippen molar-refractivity contribution in [2.75, 3.05) is 32.8 Å². The second-order valence-electron chi connectivity index (χ2n) is 9.24. The summed E-state index contributed by atoms with van der Waals surface area (Å²) in [5.74, 6) is 1.02. The molecule has 2 aromatic carbocycles. The van der Waals surface area contributed by atoms with E-state index in [0.29, 0.717) is 36.3 Å². The number of ether oxygens (including phenoxy) is 1. The minimum Gasteiger partial charge on any atom is -0.492 e. The first kappa shape index (κ1) is 20.0. The van der Waals surface area contributed by atoms with Gasteiger partial charge in [-0.25, -0.2) is 8.42 Å². The lowest BCUT2D eigenvalue weighted by molar-refractivity contribution is 0.0319. The van der Waals surface area contributed by atoms with Gasteiger partial charge in [-0.05, 0) is 62.4 Å². The number of rotatable bonds is 4. The molecule has 2 aliphatic heterocycles. The first-order valence-corrected chi connectivity index (χ1v) is 12.5. The second kappa shape index (κ2) is 7.98. The van der Waals surface area contributed by atoms with Crippen LogP contribution in [-0.2, 0) is 16.6 Å². The summed E-state index contributed by atoms with van der Waals surface area (Å²) in [5.41, 5.74) is 1.21. The number of hydrogen-bond donors (Lipinski definition) is 0. The normalized spacial score (nSPS) is 23.9. The summed E-state index contributed by atoms with van der Waals surface area (Å²) < 4.78 is 34.9. The molecule has 3 aliphatic rings. The van der Waals surface area contributed by atoms with Gasteiger partial charge in [-0.15, -0.1) is 0 Å². The lowest BCUT2D eigenvalue weighted by Crippen LogP contribution is -2.51. The molecule has 0 unspecified atom stereocenters. The van der Waals surface area contributed by atoms with Crippen LogP contribution in [0.25, 0.3) is 0 Å². The Bertz CT molecular complexity index is 981. The van der Waals surface area contributed by atoms with Gasteiger partial charge in [0, 0.05) is 25.0 Å². The van der Waals surface area contributed by atoms with Crippen LogP contribution in [0.15, 0.2) is 59.5 Å². The fourth-order valence-corrected chi connectivity index (χ4v) is 6.50. The Hall–Kier alpha value is -1.89. The predicted molar refractivity (Wildman–Crippen MR) is 117 cm³/mol. The predicted octanol–water partition coefficient (Wildman–Crippen LogP) is 3.76. The van der Waals surface area contributed by atoms with Crippen molar-refractivity contribution in [1.29, 1.82) is 0 Å². The first-order valence-electron chi connectivity index (χ1n) is 11.0. The van der Waals surface area contributed by atoms with Crippen molar-refractivity contribution in [1.82, 2.24) is 9.21 Å². The van der Waals surface area contributed by atoms with E-state index in [1.165, 1.54) is 5.56 Å². The van der Waals surface area contributed by atoms with Crippen LogP contribution < -0.4 is 4.74 Å². The van der Waals surface area contributed by atoms with Gasteiger partial charge in [0.1, 0.15) is 10.6 Å². The molecule has 30 heavy (non-hydrogen) atoms. The Morgan fingerprint density at radius 2 is 1.67 bits per heavy atom. The van der Waals surface area contributed by atoms with Crippen molar-refractivity contribution < 1.29 is 13.2 Å². The molecule has 0 atom stereocenters. The SMILES string of the molecule is O=S1(=O)c2ccccc2OCC2(CCN(Cc3ccccc3)CC2)CN1CC1CC1. The summed E-state index contributed by atoms with van der Waals surface area (Å²) in [6, 6.07) is 17.7.